The van der Waals surface area contributed by atoms with E-state index in [-0.39, 0.29) is 11.7 Å². The molecule has 0 aromatic heterocycles. The Morgan fingerprint density at radius 3 is 2.29 bits per heavy atom. The Kier molecular flexibility index (Phi) is 5.34. The third-order valence-corrected chi connectivity index (χ3v) is 1.81. The molecule has 1 aliphatic rings. The van der Waals surface area contributed by atoms with Crippen LogP contribution < -0.4 is 0 Å². The van der Waals surface area contributed by atoms with Gasteiger partial charge in [0, 0.05) is 6.54 Å². The molecule has 1 fully saturated rings. The number of carbonyl (C=O) groups is 1. The smallest absolute Gasteiger partial charge is 0.410 e. The molecule has 1 atom stereocenters. The summed E-state index contributed by atoms with van der Waals surface area (Å²) in [6, 6.07) is 0.430. The van der Waals surface area contributed by atoms with Crippen LogP contribution in [0, 0.1) is 0 Å². The first-order chi connectivity index (χ1) is 6.44. The quantitative estimate of drug-likeness (QED) is 0.542. The second kappa shape index (κ2) is 5.49. The zero-order valence-electron chi connectivity index (χ0n) is 9.70. The van der Waals surface area contributed by atoms with Gasteiger partial charge in [0.05, 0.1) is 6.04 Å². The van der Waals surface area contributed by atoms with E-state index in [1.165, 1.54) is 0 Å². The number of amides is 1. The van der Waals surface area contributed by atoms with Crippen LogP contribution in [0.1, 0.15) is 34.1 Å². The molecule has 0 unspecified atom stereocenters. The number of carbonyl (C=O) groups excluding carboxylic acids is 1. The summed E-state index contributed by atoms with van der Waals surface area (Å²) in [5.41, 5.74) is -0.363. The van der Waals surface area contributed by atoms with Crippen LogP contribution in [0.2, 0.25) is 0 Å². The number of hydrogen-bond acceptors (Lipinski definition) is 3. The van der Waals surface area contributed by atoms with Gasteiger partial charge in [-0.25, -0.2) is 4.79 Å². The van der Waals surface area contributed by atoms with Crippen molar-refractivity contribution in [1.82, 2.24) is 4.90 Å². The molecule has 0 radical (unpaired) electrons. The Hall–Kier alpha value is -0.380. The second-order valence-corrected chi connectivity index (χ2v) is 4.19. The molecule has 0 N–H and O–H groups in total. The van der Waals surface area contributed by atoms with E-state index in [0.29, 0.717) is 6.04 Å². The van der Waals surface area contributed by atoms with Crippen molar-refractivity contribution in [3.05, 3.63) is 0 Å². The predicted molar refractivity (Wildman–Crippen MR) is 61.9 cm³/mol. The van der Waals surface area contributed by atoms with E-state index in [1.807, 2.05) is 20.8 Å². The molecule has 3 nitrogen and oxygen atoms in total. The first kappa shape index (κ1) is 13.6. The van der Waals surface area contributed by atoms with Gasteiger partial charge in [-0.1, -0.05) is 6.92 Å². The maximum atomic E-state index is 11.3. The second-order valence-electron chi connectivity index (χ2n) is 4.19. The van der Waals surface area contributed by atoms with Crippen molar-refractivity contribution >= 4 is 18.7 Å². The molecular weight excluding hydrogens is 198 g/mol. The highest BCUT2D eigenvalue weighted by Gasteiger charge is 2.39. The van der Waals surface area contributed by atoms with Crippen LogP contribution in [0.25, 0.3) is 0 Å². The van der Waals surface area contributed by atoms with Crippen molar-refractivity contribution in [2.45, 2.75) is 45.8 Å². The van der Waals surface area contributed by atoms with Crippen LogP contribution in [0.3, 0.4) is 0 Å². The molecule has 1 rings (SSSR count). The fraction of sp³-hybridized carbons (Fsp3) is 0.900. The summed E-state index contributed by atoms with van der Waals surface area (Å²) in [5.74, 6) is 0. The molecule has 1 amide bonds. The normalized spacial score (nSPS) is 19.6. The average molecular weight is 219 g/mol. The summed E-state index contributed by atoms with van der Waals surface area (Å²) in [6.45, 7) is 8.60. The fourth-order valence-electron chi connectivity index (χ4n) is 1.07. The van der Waals surface area contributed by atoms with Crippen molar-refractivity contribution < 1.29 is 9.53 Å². The van der Waals surface area contributed by atoms with Gasteiger partial charge in [0.15, 0.2) is 0 Å². The lowest BCUT2D eigenvalue weighted by molar-refractivity contribution is 0.0406. The van der Waals surface area contributed by atoms with Gasteiger partial charge >= 0.3 is 6.09 Å². The molecule has 1 aliphatic heterocycles. The van der Waals surface area contributed by atoms with Gasteiger partial charge in [0.25, 0.3) is 0 Å². The molecule has 0 aromatic rings. The monoisotopic (exact) mass is 219 g/mol. The maximum absolute atomic E-state index is 11.3. The van der Waals surface area contributed by atoms with E-state index in [0.717, 1.165) is 13.0 Å². The minimum atomic E-state index is -0.363. The van der Waals surface area contributed by atoms with Crippen LogP contribution in [0.4, 0.5) is 4.79 Å². The van der Waals surface area contributed by atoms with E-state index in [2.05, 4.69) is 19.6 Å². The van der Waals surface area contributed by atoms with Crippen LogP contribution in [-0.4, -0.2) is 35.4 Å². The van der Waals surface area contributed by atoms with E-state index < -0.39 is 0 Å². The number of hydrogen-bond donors (Lipinski definition) is 1. The lowest BCUT2D eigenvalue weighted by Crippen LogP contribution is -2.27. The van der Waals surface area contributed by atoms with Crippen molar-refractivity contribution in [2.24, 2.45) is 0 Å². The van der Waals surface area contributed by atoms with E-state index in [1.54, 1.807) is 11.2 Å². The van der Waals surface area contributed by atoms with Crippen molar-refractivity contribution in [1.29, 1.82) is 0 Å². The van der Waals surface area contributed by atoms with E-state index in [9.17, 15) is 4.79 Å². The van der Waals surface area contributed by atoms with Crippen LogP contribution in [-0.2, 0) is 4.74 Å². The van der Waals surface area contributed by atoms with Crippen molar-refractivity contribution in [3.8, 4) is 0 Å². The molecule has 0 saturated carbocycles. The van der Waals surface area contributed by atoms with Gasteiger partial charge in [-0.05, 0) is 33.4 Å². The Labute approximate surface area is 92.2 Å². The molecule has 14 heavy (non-hydrogen) atoms. The Balaban J connectivity index is 0.000000791. The first-order valence-corrected chi connectivity index (χ1v) is 5.78. The molecule has 84 valence electrons. The highest BCUT2D eigenvalue weighted by molar-refractivity contribution is 7.79. The third-order valence-electron chi connectivity index (χ3n) is 1.81. The lowest BCUT2D eigenvalue weighted by Gasteiger charge is -2.19. The summed E-state index contributed by atoms with van der Waals surface area (Å²) in [7, 11) is 0. The molecule has 0 aromatic carbocycles. The van der Waals surface area contributed by atoms with Gasteiger partial charge in [-0.2, -0.15) is 12.6 Å². The molecular formula is C10H21NO2S. The third kappa shape index (κ3) is 4.74. The largest absolute Gasteiger partial charge is 0.444 e. The lowest BCUT2D eigenvalue weighted by atomic mass is 10.2. The standard InChI is InChI=1S/C9H17NO2.CH4S/c1-5-7-6-10(7)8(11)12-9(2,3)4;1-2/h7H,5-6H2,1-4H3;2H,1H3/t7-,10?;/m1./s1. The van der Waals surface area contributed by atoms with E-state index in [4.69, 9.17) is 4.74 Å². The Bertz CT molecular complexity index is 189. The van der Waals surface area contributed by atoms with Crippen LogP contribution in [0.15, 0.2) is 0 Å². The number of thiol groups is 1. The van der Waals surface area contributed by atoms with Crippen molar-refractivity contribution in [3.63, 3.8) is 0 Å². The zero-order valence-corrected chi connectivity index (χ0v) is 10.6. The van der Waals surface area contributed by atoms with Gasteiger partial charge in [-0.15, -0.1) is 0 Å². The molecule has 0 aliphatic carbocycles. The van der Waals surface area contributed by atoms with Gasteiger partial charge < -0.3 is 9.64 Å². The van der Waals surface area contributed by atoms with Crippen LogP contribution in [0.5, 0.6) is 0 Å². The van der Waals surface area contributed by atoms with E-state index >= 15 is 0 Å². The van der Waals surface area contributed by atoms with Crippen LogP contribution >= 0.6 is 12.6 Å². The molecule has 1 saturated heterocycles. The zero-order chi connectivity index (χ0) is 11.4. The topological polar surface area (TPSA) is 29.3 Å². The maximum Gasteiger partial charge on any atom is 0.410 e. The van der Waals surface area contributed by atoms with Crippen molar-refractivity contribution in [2.75, 3.05) is 12.8 Å². The van der Waals surface area contributed by atoms with Gasteiger partial charge in [-0.3, -0.25) is 0 Å². The minimum absolute atomic E-state index is 0.172. The Morgan fingerprint density at radius 2 is 2.00 bits per heavy atom. The predicted octanol–water partition coefficient (Wildman–Crippen LogP) is 2.56. The molecule has 1 heterocycles. The molecule has 0 spiro atoms. The molecule has 0 bridgehead atoms. The SMILES string of the molecule is CC[C@@H]1CN1C(=O)OC(C)(C)C.CS. The summed E-state index contributed by atoms with van der Waals surface area (Å²) in [4.78, 5) is 13.0. The summed E-state index contributed by atoms with van der Waals surface area (Å²) < 4.78 is 5.18. The molecule has 4 heteroatoms. The summed E-state index contributed by atoms with van der Waals surface area (Å²) in [6.07, 6.45) is 2.55. The van der Waals surface area contributed by atoms with Gasteiger partial charge in [0.2, 0.25) is 0 Å². The summed E-state index contributed by atoms with van der Waals surface area (Å²) in [5, 5.41) is 0. The minimum Gasteiger partial charge on any atom is -0.444 e. The fourth-order valence-corrected chi connectivity index (χ4v) is 1.07. The highest BCUT2D eigenvalue weighted by Crippen LogP contribution is 2.23. The highest BCUT2D eigenvalue weighted by atomic mass is 32.1. The number of ether oxygens (including phenoxy) is 1. The number of rotatable bonds is 1. The Morgan fingerprint density at radius 1 is 1.50 bits per heavy atom. The average Bonchev–Trinajstić information content (AvgIpc) is 2.83. The number of nitrogens with zero attached hydrogens (tertiary/aromatic N) is 1. The van der Waals surface area contributed by atoms with Gasteiger partial charge in [0.1, 0.15) is 5.60 Å². The summed E-state index contributed by atoms with van der Waals surface area (Å²) >= 11 is 3.53. The first-order valence-electron chi connectivity index (χ1n) is 4.88.